The van der Waals surface area contributed by atoms with Crippen LogP contribution < -0.4 is 16.0 Å². The SMILES string of the molecule is CCCNC(N)=NCc1cccc(N2CC=CC2)c1.I. The zero-order valence-corrected chi connectivity index (χ0v) is 14.2. The van der Waals surface area contributed by atoms with Crippen molar-refractivity contribution in [3.63, 3.8) is 0 Å². The van der Waals surface area contributed by atoms with E-state index in [2.05, 4.69) is 58.6 Å². The molecule has 1 aromatic carbocycles. The average molecular weight is 386 g/mol. The fourth-order valence-electron chi connectivity index (χ4n) is 2.03. The first-order chi connectivity index (χ1) is 9.29. The van der Waals surface area contributed by atoms with E-state index in [-0.39, 0.29) is 24.0 Å². The van der Waals surface area contributed by atoms with E-state index >= 15 is 0 Å². The van der Waals surface area contributed by atoms with Crippen LogP contribution >= 0.6 is 24.0 Å². The van der Waals surface area contributed by atoms with Crippen LogP contribution in [-0.2, 0) is 6.54 Å². The van der Waals surface area contributed by atoms with Crippen molar-refractivity contribution in [2.75, 3.05) is 24.5 Å². The minimum absolute atomic E-state index is 0. The van der Waals surface area contributed by atoms with E-state index in [1.54, 1.807) is 0 Å². The maximum Gasteiger partial charge on any atom is 0.188 e. The molecule has 3 N–H and O–H groups in total. The third-order valence-electron chi connectivity index (χ3n) is 3.08. The number of guanidine groups is 1. The predicted molar refractivity (Wildman–Crippen MR) is 96.8 cm³/mol. The molecule has 0 amide bonds. The second kappa shape index (κ2) is 8.84. The van der Waals surface area contributed by atoms with E-state index in [9.17, 15) is 0 Å². The molecule has 0 saturated heterocycles. The topological polar surface area (TPSA) is 53.6 Å². The van der Waals surface area contributed by atoms with Gasteiger partial charge in [-0.1, -0.05) is 31.2 Å². The molecule has 1 aromatic rings. The van der Waals surface area contributed by atoms with Gasteiger partial charge in [-0.05, 0) is 24.1 Å². The molecule has 0 atom stereocenters. The molecule has 5 heteroatoms. The monoisotopic (exact) mass is 386 g/mol. The zero-order chi connectivity index (χ0) is 13.5. The largest absolute Gasteiger partial charge is 0.370 e. The Balaban J connectivity index is 0.00000200. The second-order valence-corrected chi connectivity index (χ2v) is 4.67. The summed E-state index contributed by atoms with van der Waals surface area (Å²) in [7, 11) is 0. The average Bonchev–Trinajstić information content (AvgIpc) is 2.97. The lowest BCUT2D eigenvalue weighted by atomic mass is 10.2. The van der Waals surface area contributed by atoms with Crippen molar-refractivity contribution in [1.82, 2.24) is 5.32 Å². The minimum atomic E-state index is 0. The first kappa shape index (κ1) is 16.8. The van der Waals surface area contributed by atoms with Crippen molar-refractivity contribution in [2.24, 2.45) is 10.7 Å². The Morgan fingerprint density at radius 1 is 1.35 bits per heavy atom. The van der Waals surface area contributed by atoms with Gasteiger partial charge in [0.15, 0.2) is 5.96 Å². The maximum atomic E-state index is 5.79. The van der Waals surface area contributed by atoms with Gasteiger partial charge in [-0.3, -0.25) is 0 Å². The normalized spacial score (nSPS) is 14.2. The third-order valence-corrected chi connectivity index (χ3v) is 3.08. The first-order valence-corrected chi connectivity index (χ1v) is 6.82. The zero-order valence-electron chi connectivity index (χ0n) is 11.9. The molecule has 1 aliphatic heterocycles. The number of anilines is 1. The highest BCUT2D eigenvalue weighted by atomic mass is 127. The Morgan fingerprint density at radius 3 is 2.80 bits per heavy atom. The number of benzene rings is 1. The Hall–Kier alpha value is -1.24. The van der Waals surface area contributed by atoms with Crippen LogP contribution in [0.25, 0.3) is 0 Å². The van der Waals surface area contributed by atoms with Gasteiger partial charge >= 0.3 is 0 Å². The van der Waals surface area contributed by atoms with Crippen LogP contribution in [0.15, 0.2) is 41.4 Å². The van der Waals surface area contributed by atoms with Crippen LogP contribution in [0.2, 0.25) is 0 Å². The van der Waals surface area contributed by atoms with E-state index in [0.717, 1.165) is 26.1 Å². The number of aliphatic imine (C=N–C) groups is 1. The van der Waals surface area contributed by atoms with Crippen molar-refractivity contribution in [2.45, 2.75) is 19.9 Å². The van der Waals surface area contributed by atoms with E-state index in [1.165, 1.54) is 11.3 Å². The van der Waals surface area contributed by atoms with Crippen LogP contribution in [-0.4, -0.2) is 25.6 Å². The summed E-state index contributed by atoms with van der Waals surface area (Å²) < 4.78 is 0. The van der Waals surface area contributed by atoms with Gasteiger partial charge in [0, 0.05) is 25.3 Å². The van der Waals surface area contributed by atoms with Crippen molar-refractivity contribution in [1.29, 1.82) is 0 Å². The molecule has 1 aliphatic rings. The van der Waals surface area contributed by atoms with Gasteiger partial charge in [0.05, 0.1) is 6.54 Å². The molecule has 1 heterocycles. The maximum absolute atomic E-state index is 5.79. The molecule has 110 valence electrons. The molecule has 0 radical (unpaired) electrons. The van der Waals surface area contributed by atoms with Crippen LogP contribution in [0.1, 0.15) is 18.9 Å². The number of nitrogens with two attached hydrogens (primary N) is 1. The molecule has 20 heavy (non-hydrogen) atoms. The van der Waals surface area contributed by atoms with Crippen molar-refractivity contribution in [3.05, 3.63) is 42.0 Å². The number of nitrogens with zero attached hydrogens (tertiary/aromatic N) is 2. The van der Waals surface area contributed by atoms with Crippen LogP contribution in [0.4, 0.5) is 5.69 Å². The van der Waals surface area contributed by atoms with Gasteiger partial charge < -0.3 is 16.0 Å². The summed E-state index contributed by atoms with van der Waals surface area (Å²) in [6, 6.07) is 8.49. The molecule has 0 fully saturated rings. The third kappa shape index (κ3) is 5.03. The smallest absolute Gasteiger partial charge is 0.188 e. The molecule has 0 unspecified atom stereocenters. The van der Waals surface area contributed by atoms with Crippen molar-refractivity contribution >= 4 is 35.6 Å². The van der Waals surface area contributed by atoms with Gasteiger partial charge in [0.1, 0.15) is 0 Å². The fourth-order valence-corrected chi connectivity index (χ4v) is 2.03. The van der Waals surface area contributed by atoms with Crippen LogP contribution in [0.3, 0.4) is 0 Å². The van der Waals surface area contributed by atoms with Crippen LogP contribution in [0.5, 0.6) is 0 Å². The highest BCUT2D eigenvalue weighted by molar-refractivity contribution is 14.0. The van der Waals surface area contributed by atoms with Crippen LogP contribution in [0, 0.1) is 0 Å². The van der Waals surface area contributed by atoms with Gasteiger partial charge in [-0.15, -0.1) is 24.0 Å². The van der Waals surface area contributed by atoms with Crippen molar-refractivity contribution < 1.29 is 0 Å². The highest BCUT2D eigenvalue weighted by Gasteiger charge is 2.07. The molecule has 0 aromatic heterocycles. The van der Waals surface area contributed by atoms with Crippen molar-refractivity contribution in [3.8, 4) is 0 Å². The number of nitrogens with one attached hydrogen (secondary N) is 1. The summed E-state index contributed by atoms with van der Waals surface area (Å²) in [6.07, 6.45) is 5.43. The fraction of sp³-hybridized carbons (Fsp3) is 0.400. The standard InChI is InChI=1S/C15H22N4.HI/c1-2-8-17-15(16)18-12-13-6-5-7-14(11-13)19-9-3-4-10-19;/h3-7,11H,2,8-10,12H2,1H3,(H3,16,17,18);1H. The molecule has 0 spiro atoms. The molecule has 4 nitrogen and oxygen atoms in total. The molecule has 0 aliphatic carbocycles. The van der Waals surface area contributed by atoms with Gasteiger partial charge in [0.25, 0.3) is 0 Å². The summed E-state index contributed by atoms with van der Waals surface area (Å²) in [5.41, 5.74) is 8.22. The number of halogens is 1. The van der Waals surface area contributed by atoms with Gasteiger partial charge in [-0.25, -0.2) is 4.99 Å². The molecule has 0 bridgehead atoms. The Kier molecular flexibility index (Phi) is 7.43. The van der Waals surface area contributed by atoms with E-state index in [4.69, 9.17) is 5.73 Å². The first-order valence-electron chi connectivity index (χ1n) is 6.82. The van der Waals surface area contributed by atoms with Gasteiger partial charge in [-0.2, -0.15) is 0 Å². The number of hydrogen-bond acceptors (Lipinski definition) is 2. The Bertz CT molecular complexity index is 463. The summed E-state index contributed by atoms with van der Waals surface area (Å²) in [4.78, 5) is 6.67. The Labute approximate surface area is 138 Å². The molecular formula is C15H23IN4. The Morgan fingerprint density at radius 2 is 2.10 bits per heavy atom. The van der Waals surface area contributed by atoms with E-state index in [1.807, 2.05) is 0 Å². The minimum Gasteiger partial charge on any atom is -0.370 e. The quantitative estimate of drug-likeness (QED) is 0.354. The molecule has 2 rings (SSSR count). The molecular weight excluding hydrogens is 363 g/mol. The summed E-state index contributed by atoms with van der Waals surface area (Å²) in [5.74, 6) is 0.523. The highest BCUT2D eigenvalue weighted by Crippen LogP contribution is 2.18. The second-order valence-electron chi connectivity index (χ2n) is 4.67. The van der Waals surface area contributed by atoms with E-state index < -0.39 is 0 Å². The number of hydrogen-bond donors (Lipinski definition) is 2. The summed E-state index contributed by atoms with van der Waals surface area (Å²) >= 11 is 0. The lowest BCUT2D eigenvalue weighted by molar-refractivity contribution is 0.825. The predicted octanol–water partition coefficient (Wildman–Crippen LogP) is 2.50. The lowest BCUT2D eigenvalue weighted by Gasteiger charge is -2.18. The summed E-state index contributed by atoms with van der Waals surface area (Å²) in [6.45, 7) is 5.58. The molecule has 0 saturated carbocycles. The number of rotatable bonds is 5. The summed E-state index contributed by atoms with van der Waals surface area (Å²) in [5, 5.41) is 3.08. The van der Waals surface area contributed by atoms with Gasteiger partial charge in [0.2, 0.25) is 0 Å². The lowest BCUT2D eigenvalue weighted by Crippen LogP contribution is -2.32. The van der Waals surface area contributed by atoms with E-state index in [0.29, 0.717) is 12.5 Å².